The van der Waals surface area contributed by atoms with E-state index in [9.17, 15) is 17.6 Å². The summed E-state index contributed by atoms with van der Waals surface area (Å²) in [7, 11) is -4.03. The minimum atomic E-state index is -4.03. The van der Waals surface area contributed by atoms with Crippen molar-refractivity contribution in [2.24, 2.45) is 0 Å². The van der Waals surface area contributed by atoms with E-state index in [1.807, 2.05) is 0 Å². The number of carboxylic acid groups (broad SMARTS) is 1. The van der Waals surface area contributed by atoms with E-state index in [4.69, 9.17) is 5.11 Å². The molecule has 0 bridgehead atoms. The largest absolute Gasteiger partial charge is 0.478 e. The van der Waals surface area contributed by atoms with Crippen LogP contribution >= 0.6 is 15.9 Å². The molecular weight excluding hydrogens is 353 g/mol. The van der Waals surface area contributed by atoms with E-state index < -0.39 is 32.3 Å². The van der Waals surface area contributed by atoms with Crippen LogP contribution in [0.1, 0.15) is 30.1 Å². The SMILES string of the molecule is CC1CCCN1S(=O)(=O)c1cc(Br)cc(C(=O)O)c1F. The van der Waals surface area contributed by atoms with Gasteiger partial charge in [0.25, 0.3) is 0 Å². The smallest absolute Gasteiger partial charge is 0.338 e. The van der Waals surface area contributed by atoms with Crippen LogP contribution in [-0.4, -0.2) is 36.4 Å². The molecule has 20 heavy (non-hydrogen) atoms. The standard InChI is InChI=1S/C12H13BrFNO4S/c1-7-3-2-4-15(7)20(18,19)10-6-8(13)5-9(11(10)14)12(16)17/h5-7H,2-4H2,1H3,(H,16,17). The van der Waals surface area contributed by atoms with Gasteiger partial charge in [0, 0.05) is 17.1 Å². The summed E-state index contributed by atoms with van der Waals surface area (Å²) in [5.41, 5.74) is -0.662. The molecule has 1 aliphatic heterocycles. The molecule has 1 aromatic carbocycles. The fourth-order valence-electron chi connectivity index (χ4n) is 2.30. The number of carboxylic acids is 1. The van der Waals surface area contributed by atoms with Crippen molar-refractivity contribution in [3.63, 3.8) is 0 Å². The van der Waals surface area contributed by atoms with Gasteiger partial charge < -0.3 is 5.11 Å². The van der Waals surface area contributed by atoms with Crippen LogP contribution in [0.2, 0.25) is 0 Å². The quantitative estimate of drug-likeness (QED) is 0.892. The second-order valence-corrected chi connectivity index (χ2v) is 7.45. The highest BCUT2D eigenvalue weighted by Gasteiger charge is 2.35. The Labute approximate surface area is 124 Å². The van der Waals surface area contributed by atoms with Gasteiger partial charge in [-0.25, -0.2) is 17.6 Å². The molecule has 1 fully saturated rings. The second-order valence-electron chi connectivity index (χ2n) is 4.68. The van der Waals surface area contributed by atoms with Crippen molar-refractivity contribution >= 4 is 31.9 Å². The molecule has 1 heterocycles. The van der Waals surface area contributed by atoms with Crippen LogP contribution in [0.15, 0.2) is 21.5 Å². The van der Waals surface area contributed by atoms with Crippen molar-refractivity contribution in [1.82, 2.24) is 4.31 Å². The fourth-order valence-corrected chi connectivity index (χ4v) is 4.72. The molecular formula is C12H13BrFNO4S. The van der Waals surface area contributed by atoms with Crippen molar-refractivity contribution in [3.05, 3.63) is 28.0 Å². The lowest BCUT2D eigenvalue weighted by atomic mass is 10.2. The molecule has 1 saturated heterocycles. The first-order valence-electron chi connectivity index (χ1n) is 5.99. The summed E-state index contributed by atoms with van der Waals surface area (Å²) in [6.45, 7) is 2.07. The molecule has 0 amide bonds. The molecule has 0 spiro atoms. The van der Waals surface area contributed by atoms with Gasteiger partial charge >= 0.3 is 5.97 Å². The Morgan fingerprint density at radius 2 is 2.15 bits per heavy atom. The van der Waals surface area contributed by atoms with Gasteiger partial charge in [-0.1, -0.05) is 15.9 Å². The molecule has 1 atom stereocenters. The third-order valence-electron chi connectivity index (χ3n) is 3.31. The van der Waals surface area contributed by atoms with E-state index in [0.29, 0.717) is 19.4 Å². The summed E-state index contributed by atoms with van der Waals surface area (Å²) in [5, 5.41) is 8.93. The molecule has 5 nitrogen and oxygen atoms in total. The number of nitrogens with zero attached hydrogens (tertiary/aromatic N) is 1. The minimum Gasteiger partial charge on any atom is -0.478 e. The Morgan fingerprint density at radius 1 is 1.50 bits per heavy atom. The van der Waals surface area contributed by atoms with E-state index >= 15 is 0 Å². The molecule has 0 saturated carbocycles. The monoisotopic (exact) mass is 365 g/mol. The summed E-state index contributed by atoms with van der Waals surface area (Å²) in [4.78, 5) is 10.4. The number of aromatic carboxylic acids is 1. The number of rotatable bonds is 3. The zero-order chi connectivity index (χ0) is 15.1. The topological polar surface area (TPSA) is 74.7 Å². The van der Waals surface area contributed by atoms with E-state index in [1.165, 1.54) is 4.31 Å². The predicted molar refractivity (Wildman–Crippen MR) is 73.6 cm³/mol. The van der Waals surface area contributed by atoms with Gasteiger partial charge in [0.1, 0.15) is 4.90 Å². The minimum absolute atomic E-state index is 0.210. The van der Waals surface area contributed by atoms with Crippen LogP contribution < -0.4 is 0 Å². The van der Waals surface area contributed by atoms with Crippen LogP contribution in [0.4, 0.5) is 4.39 Å². The van der Waals surface area contributed by atoms with Gasteiger partial charge in [0.2, 0.25) is 10.0 Å². The molecule has 0 radical (unpaired) electrons. The van der Waals surface area contributed by atoms with E-state index in [-0.39, 0.29) is 10.5 Å². The van der Waals surface area contributed by atoms with Crippen molar-refractivity contribution in [2.45, 2.75) is 30.7 Å². The van der Waals surface area contributed by atoms with Crippen LogP contribution in [0.3, 0.4) is 0 Å². The van der Waals surface area contributed by atoms with Crippen LogP contribution in [-0.2, 0) is 10.0 Å². The Bertz CT molecular complexity index is 662. The van der Waals surface area contributed by atoms with Crippen LogP contribution in [0.5, 0.6) is 0 Å². The maximum absolute atomic E-state index is 14.2. The molecule has 0 aromatic heterocycles. The second kappa shape index (κ2) is 5.42. The molecule has 1 aliphatic rings. The maximum atomic E-state index is 14.2. The summed E-state index contributed by atoms with van der Waals surface area (Å²) in [6, 6.07) is 1.93. The zero-order valence-corrected chi connectivity index (χ0v) is 13.0. The number of sulfonamides is 1. The maximum Gasteiger partial charge on any atom is 0.338 e. The molecule has 1 N–H and O–H groups in total. The van der Waals surface area contributed by atoms with Gasteiger partial charge in [-0.2, -0.15) is 4.31 Å². The third kappa shape index (κ3) is 2.59. The predicted octanol–water partition coefficient (Wildman–Crippen LogP) is 2.46. The lowest BCUT2D eigenvalue weighted by Crippen LogP contribution is -2.34. The Hall–Kier alpha value is -0.990. The van der Waals surface area contributed by atoms with Gasteiger partial charge in [-0.05, 0) is 31.9 Å². The Kier molecular flexibility index (Phi) is 4.17. The van der Waals surface area contributed by atoms with Crippen LogP contribution in [0, 0.1) is 5.82 Å². The Morgan fingerprint density at radius 3 is 2.65 bits per heavy atom. The molecule has 110 valence electrons. The Balaban J connectivity index is 2.60. The molecule has 2 rings (SSSR count). The number of halogens is 2. The summed E-state index contributed by atoms with van der Waals surface area (Å²) >= 11 is 3.02. The van der Waals surface area contributed by atoms with Gasteiger partial charge in [0.05, 0.1) is 5.56 Å². The summed E-state index contributed by atoms with van der Waals surface area (Å²) < 4.78 is 40.5. The third-order valence-corrected chi connectivity index (χ3v) is 5.78. The average Bonchev–Trinajstić information content (AvgIpc) is 2.78. The molecule has 1 unspecified atom stereocenters. The van der Waals surface area contributed by atoms with Gasteiger partial charge in [-0.15, -0.1) is 0 Å². The summed E-state index contributed by atoms with van der Waals surface area (Å²) in [5.74, 6) is -2.73. The number of hydrogen-bond acceptors (Lipinski definition) is 3. The number of benzene rings is 1. The van der Waals surface area contributed by atoms with E-state index in [2.05, 4.69) is 15.9 Å². The highest BCUT2D eigenvalue weighted by molar-refractivity contribution is 9.10. The normalized spacial score (nSPS) is 20.2. The number of hydrogen-bond donors (Lipinski definition) is 1. The number of carbonyl (C=O) groups is 1. The zero-order valence-electron chi connectivity index (χ0n) is 10.6. The van der Waals surface area contributed by atoms with Crippen molar-refractivity contribution in [1.29, 1.82) is 0 Å². The fraction of sp³-hybridized carbons (Fsp3) is 0.417. The molecule has 1 aromatic rings. The average molecular weight is 366 g/mol. The molecule has 0 aliphatic carbocycles. The van der Waals surface area contributed by atoms with Crippen molar-refractivity contribution < 1.29 is 22.7 Å². The van der Waals surface area contributed by atoms with E-state index in [1.54, 1.807) is 6.92 Å². The lowest BCUT2D eigenvalue weighted by Gasteiger charge is -2.21. The van der Waals surface area contributed by atoms with Crippen molar-refractivity contribution in [2.75, 3.05) is 6.54 Å². The first-order chi connectivity index (χ1) is 9.25. The lowest BCUT2D eigenvalue weighted by molar-refractivity contribution is 0.0691. The van der Waals surface area contributed by atoms with Gasteiger partial charge in [0.15, 0.2) is 5.82 Å². The van der Waals surface area contributed by atoms with Gasteiger partial charge in [-0.3, -0.25) is 0 Å². The van der Waals surface area contributed by atoms with Crippen LogP contribution in [0.25, 0.3) is 0 Å². The highest BCUT2D eigenvalue weighted by atomic mass is 79.9. The molecule has 8 heteroatoms. The van der Waals surface area contributed by atoms with E-state index in [0.717, 1.165) is 12.1 Å². The first-order valence-corrected chi connectivity index (χ1v) is 8.22. The first kappa shape index (κ1) is 15.4. The summed E-state index contributed by atoms with van der Waals surface area (Å²) in [6.07, 6.45) is 1.42. The van der Waals surface area contributed by atoms with Crippen molar-refractivity contribution in [3.8, 4) is 0 Å². The highest BCUT2D eigenvalue weighted by Crippen LogP contribution is 2.30.